The van der Waals surface area contributed by atoms with Crippen LogP contribution in [0.25, 0.3) is 0 Å². The third-order valence-electron chi connectivity index (χ3n) is 10.8. The molecule has 57 heavy (non-hydrogen) atoms. The molecule has 15 heteroatoms. The highest BCUT2D eigenvalue weighted by atomic mass is 35.5. The lowest BCUT2D eigenvalue weighted by Gasteiger charge is -2.44. The third-order valence-corrected chi connectivity index (χ3v) is 11.4. The highest BCUT2D eigenvalue weighted by Crippen LogP contribution is 2.40. The molecule has 0 bridgehead atoms. The van der Waals surface area contributed by atoms with E-state index < -0.39 is 11.6 Å². The summed E-state index contributed by atoms with van der Waals surface area (Å²) in [6.45, 7) is 15.1. The number of piperazine rings is 1. The number of nitriles is 1. The lowest BCUT2D eigenvalue weighted by molar-refractivity contribution is -0.133. The largest absolute Gasteiger partial charge is 0.492 e. The van der Waals surface area contributed by atoms with Crippen LogP contribution in [0.3, 0.4) is 0 Å². The molecule has 3 aromatic rings. The first-order valence-electron chi connectivity index (χ1n) is 19.2. The number of imide groups is 1. The minimum absolute atomic E-state index is 0.123. The molecule has 3 aliphatic rings. The van der Waals surface area contributed by atoms with E-state index in [1.807, 2.05) is 61.2 Å². The number of amides is 4. The summed E-state index contributed by atoms with van der Waals surface area (Å²) < 4.78 is 6.41. The van der Waals surface area contributed by atoms with E-state index in [2.05, 4.69) is 53.4 Å². The Morgan fingerprint density at radius 1 is 1.04 bits per heavy atom. The molecule has 0 aliphatic carbocycles. The number of rotatable bonds is 12. The van der Waals surface area contributed by atoms with Crippen LogP contribution < -0.4 is 30.5 Å². The Labute approximate surface area is 344 Å². The number of benzene rings is 3. The van der Waals surface area contributed by atoms with Gasteiger partial charge in [0.2, 0.25) is 17.7 Å². The van der Waals surface area contributed by atoms with E-state index in [1.165, 1.54) is 4.90 Å². The van der Waals surface area contributed by atoms with Crippen molar-refractivity contribution in [2.24, 2.45) is 0 Å². The zero-order valence-corrected chi connectivity index (χ0v) is 34.7. The van der Waals surface area contributed by atoms with Crippen LogP contribution in [0.5, 0.6) is 5.75 Å². The van der Waals surface area contributed by atoms with Crippen LogP contribution in [-0.4, -0.2) is 95.0 Å². The Balaban J connectivity index is 1.03. The van der Waals surface area contributed by atoms with Gasteiger partial charge in [0.25, 0.3) is 5.91 Å². The summed E-state index contributed by atoms with van der Waals surface area (Å²) in [6.07, 6.45) is 0.695. The first-order chi connectivity index (χ1) is 27.1. The second kappa shape index (κ2) is 17.2. The number of piperidine rings is 1. The number of anilines is 4. The Morgan fingerprint density at radius 3 is 2.40 bits per heavy atom. The van der Waals surface area contributed by atoms with Gasteiger partial charge in [0.05, 0.1) is 22.8 Å². The highest BCUT2D eigenvalue weighted by molar-refractivity contribution is 7.81. The van der Waals surface area contributed by atoms with E-state index in [4.69, 9.17) is 28.6 Å². The Kier molecular flexibility index (Phi) is 12.5. The molecule has 3 aliphatic heterocycles. The maximum atomic E-state index is 13.8. The normalized spacial score (nSPS) is 21.4. The first-order valence-corrected chi connectivity index (χ1v) is 20.0. The molecule has 3 fully saturated rings. The summed E-state index contributed by atoms with van der Waals surface area (Å²) in [4.78, 5) is 58.5. The lowest BCUT2D eigenvalue weighted by Crippen LogP contribution is -2.58. The average Bonchev–Trinajstić information content (AvgIpc) is 3.33. The summed E-state index contributed by atoms with van der Waals surface area (Å²) >= 11 is 12.2. The maximum Gasteiger partial charge on any atom is 0.259 e. The van der Waals surface area contributed by atoms with Crippen molar-refractivity contribution in [2.75, 3.05) is 53.2 Å². The van der Waals surface area contributed by atoms with Crippen LogP contribution in [0.1, 0.15) is 71.4 Å². The van der Waals surface area contributed by atoms with Crippen molar-refractivity contribution in [3.63, 3.8) is 0 Å². The van der Waals surface area contributed by atoms with Crippen LogP contribution in [0.4, 0.5) is 22.7 Å². The topological polar surface area (TPSA) is 150 Å². The molecule has 300 valence electrons. The SMILES string of the molecule is CC(C)c1cc(N2C(=S)N(c3ccc(C#N)c(Cl)c3)C(=O)C2(C)C)ccc1OCCN1C[C@@H](C)N(CC(=O)Nc2cccc(NC3CCC(=O)NC3=O)c2)[C@@H](C)C1. The molecule has 1 unspecified atom stereocenters. The average molecular weight is 813 g/mol. The van der Waals surface area contributed by atoms with Crippen molar-refractivity contribution in [2.45, 2.75) is 84.0 Å². The second-order valence-electron chi connectivity index (χ2n) is 15.7. The maximum absolute atomic E-state index is 13.8. The van der Waals surface area contributed by atoms with Crippen LogP contribution in [-0.2, 0) is 19.2 Å². The summed E-state index contributed by atoms with van der Waals surface area (Å²) in [7, 11) is 0. The molecule has 0 saturated carbocycles. The van der Waals surface area contributed by atoms with Gasteiger partial charge in [-0.1, -0.05) is 31.5 Å². The van der Waals surface area contributed by atoms with Gasteiger partial charge in [0.1, 0.15) is 30.0 Å². The van der Waals surface area contributed by atoms with E-state index >= 15 is 0 Å². The minimum Gasteiger partial charge on any atom is -0.492 e. The number of ether oxygens (including phenoxy) is 1. The number of nitrogens with zero attached hydrogens (tertiary/aromatic N) is 5. The number of hydrogen-bond donors (Lipinski definition) is 3. The van der Waals surface area contributed by atoms with Gasteiger partial charge >= 0.3 is 0 Å². The number of carbonyl (C=O) groups excluding carboxylic acids is 4. The molecule has 6 rings (SSSR count). The zero-order chi connectivity index (χ0) is 41.2. The molecule has 4 amide bonds. The van der Waals surface area contributed by atoms with E-state index in [0.29, 0.717) is 47.3 Å². The van der Waals surface area contributed by atoms with Gasteiger partial charge in [0.15, 0.2) is 5.11 Å². The molecular weight excluding hydrogens is 764 g/mol. The van der Waals surface area contributed by atoms with Crippen LogP contribution >= 0.6 is 23.8 Å². The highest BCUT2D eigenvalue weighted by Gasteiger charge is 2.50. The van der Waals surface area contributed by atoms with E-state index in [9.17, 15) is 24.4 Å². The molecule has 13 nitrogen and oxygen atoms in total. The molecule has 3 heterocycles. The fraction of sp³-hybridized carbons (Fsp3) is 0.429. The van der Waals surface area contributed by atoms with Crippen molar-refractivity contribution in [3.8, 4) is 11.8 Å². The van der Waals surface area contributed by atoms with Crippen LogP contribution in [0.15, 0.2) is 60.7 Å². The van der Waals surface area contributed by atoms with E-state index in [-0.39, 0.29) is 59.6 Å². The van der Waals surface area contributed by atoms with Gasteiger partial charge in [-0.2, -0.15) is 5.26 Å². The Hall–Kier alpha value is -5.07. The van der Waals surface area contributed by atoms with Gasteiger partial charge in [-0.05, 0) is 112 Å². The van der Waals surface area contributed by atoms with Crippen LogP contribution in [0, 0.1) is 11.3 Å². The van der Waals surface area contributed by atoms with Gasteiger partial charge in [-0.15, -0.1) is 0 Å². The fourth-order valence-corrected chi connectivity index (χ4v) is 8.52. The molecule has 0 radical (unpaired) electrons. The zero-order valence-electron chi connectivity index (χ0n) is 33.1. The van der Waals surface area contributed by atoms with E-state index in [1.54, 1.807) is 24.3 Å². The summed E-state index contributed by atoms with van der Waals surface area (Å²) in [5.74, 6) is -0.0422. The smallest absolute Gasteiger partial charge is 0.259 e. The molecule has 3 saturated heterocycles. The minimum atomic E-state index is -0.980. The first kappa shape index (κ1) is 41.6. The lowest BCUT2D eigenvalue weighted by atomic mass is 9.98. The van der Waals surface area contributed by atoms with Crippen LogP contribution in [0.2, 0.25) is 5.02 Å². The van der Waals surface area contributed by atoms with Crippen molar-refractivity contribution in [3.05, 3.63) is 76.8 Å². The third kappa shape index (κ3) is 9.07. The van der Waals surface area contributed by atoms with Crippen molar-refractivity contribution in [1.82, 2.24) is 15.1 Å². The van der Waals surface area contributed by atoms with Gasteiger partial charge < -0.3 is 20.3 Å². The van der Waals surface area contributed by atoms with Crippen molar-refractivity contribution in [1.29, 1.82) is 5.26 Å². The predicted molar refractivity (Wildman–Crippen MR) is 226 cm³/mol. The number of nitrogens with one attached hydrogen (secondary N) is 3. The number of hydrogen-bond acceptors (Lipinski definition) is 10. The molecule has 3 atom stereocenters. The molecule has 0 spiro atoms. The van der Waals surface area contributed by atoms with Gasteiger partial charge in [-0.25, -0.2) is 0 Å². The molecule has 3 N–H and O–H groups in total. The Bertz CT molecular complexity index is 2110. The van der Waals surface area contributed by atoms with Gasteiger partial charge in [-0.3, -0.25) is 39.2 Å². The van der Waals surface area contributed by atoms with Crippen molar-refractivity contribution < 1.29 is 23.9 Å². The monoisotopic (exact) mass is 812 g/mol. The van der Waals surface area contributed by atoms with E-state index in [0.717, 1.165) is 30.1 Å². The summed E-state index contributed by atoms with van der Waals surface area (Å²) in [6, 6.07) is 19.8. The summed E-state index contributed by atoms with van der Waals surface area (Å²) in [5.41, 5.74) is 2.92. The molecule has 0 aromatic heterocycles. The quantitative estimate of drug-likeness (QED) is 0.149. The molecule has 3 aromatic carbocycles. The predicted octanol–water partition coefficient (Wildman–Crippen LogP) is 5.88. The van der Waals surface area contributed by atoms with Crippen molar-refractivity contribution >= 4 is 75.3 Å². The molecular formula is C42H49ClN8O5S. The number of halogens is 1. The fourth-order valence-electron chi connectivity index (χ4n) is 7.78. The Morgan fingerprint density at radius 2 is 1.74 bits per heavy atom. The summed E-state index contributed by atoms with van der Waals surface area (Å²) in [5, 5.41) is 18.4. The standard InChI is InChI=1S/C42H49ClN8O5S/c1-25(2)33-19-32(51-41(57)50(40(55)42(51,5)6)31-11-10-28(21-44)34(43)20-31)12-14-36(33)56-17-16-48-22-26(3)49(27(4)23-48)24-38(53)46-30-9-7-8-29(18-30)45-35-13-15-37(52)47-39(35)54/h7-12,14,18-20,25-27,35,45H,13,15-17,22-24H2,1-6H3,(H,46,53)(H,47,52,54)/t26-,27+,35?. The van der Waals surface area contributed by atoms with Gasteiger partial charge in [0, 0.05) is 55.2 Å². The number of carbonyl (C=O) groups is 4. The second-order valence-corrected chi connectivity index (χ2v) is 16.5. The number of thiocarbonyl (C=S) groups is 1.